The minimum atomic E-state index is -0.757. The number of esters is 1. The van der Waals surface area contributed by atoms with Gasteiger partial charge in [-0.3, -0.25) is 14.7 Å². The van der Waals surface area contributed by atoms with Crippen molar-refractivity contribution in [1.82, 2.24) is 19.9 Å². The zero-order chi connectivity index (χ0) is 34.3. The number of aromatic nitrogens is 3. The number of phenols is 1. The summed E-state index contributed by atoms with van der Waals surface area (Å²) in [6.45, 7) is 4.48. The van der Waals surface area contributed by atoms with Crippen LogP contribution in [0.3, 0.4) is 0 Å². The molecule has 7 rings (SSSR count). The molecular weight excluding hydrogens is 635 g/mol. The summed E-state index contributed by atoms with van der Waals surface area (Å²) in [5.41, 5.74) is 0.842. The lowest BCUT2D eigenvalue weighted by Gasteiger charge is -2.31. The summed E-state index contributed by atoms with van der Waals surface area (Å²) in [6.07, 6.45) is 7.71. The van der Waals surface area contributed by atoms with E-state index in [1.807, 2.05) is 11.8 Å². The number of aromatic hydroxyl groups is 1. The van der Waals surface area contributed by atoms with Crippen molar-refractivity contribution >= 4 is 33.5 Å². The number of nitrogens with zero attached hydrogens (tertiary/aromatic N) is 5. The number of pyridine rings is 1. The van der Waals surface area contributed by atoms with Crippen LogP contribution < -0.4 is 9.64 Å². The lowest BCUT2D eigenvalue weighted by atomic mass is 9.94. The summed E-state index contributed by atoms with van der Waals surface area (Å²) < 4.78 is 56.9. The second kappa shape index (κ2) is 13.5. The van der Waals surface area contributed by atoms with Crippen LogP contribution in [0.15, 0.2) is 42.4 Å². The number of ether oxygens (including phenoxy) is 2. The number of aryl methyl sites for hydroxylation is 1. The molecule has 49 heavy (non-hydrogen) atoms. The normalized spacial score (nSPS) is 22.4. The number of carbonyl (C=O) groups is 1. The average Bonchev–Trinajstić information content (AvgIpc) is 3.64. The quantitative estimate of drug-likeness (QED) is 0.207. The highest BCUT2D eigenvalue weighted by molar-refractivity contribution is 6.01. The van der Waals surface area contributed by atoms with Gasteiger partial charge < -0.3 is 19.5 Å². The first-order chi connectivity index (χ1) is 23.7. The van der Waals surface area contributed by atoms with Crippen LogP contribution in [0.5, 0.6) is 11.8 Å². The van der Waals surface area contributed by atoms with Gasteiger partial charge in [-0.2, -0.15) is 9.97 Å². The second-order valence-electron chi connectivity index (χ2n) is 13.5. The van der Waals surface area contributed by atoms with E-state index in [1.54, 1.807) is 6.07 Å². The number of rotatable bonds is 7. The minimum Gasteiger partial charge on any atom is -0.508 e. The Labute approximate surface area is 282 Å². The standard InChI is InChI=1S/C37H40F3N5O4/c1-3-26-29(39)9-8-24-15-25(46)16-27(30(24)26)32-31(40)33-28(19-41-32)34(44-12-5-4-7-23(10-14-44)35(47)48-2)43-36(42-33)49-21-37-11-6-13-45(37)20-22(17-37)18-38/h8-9,15-16,18-19,23,46H,3-7,10-14,17,20-21H2,1-2H3/b22-18-/t23?,37-/m0/s1. The van der Waals surface area contributed by atoms with Crippen molar-refractivity contribution in [2.75, 3.05) is 44.8 Å². The minimum absolute atomic E-state index is 0.0231. The van der Waals surface area contributed by atoms with E-state index in [1.165, 1.54) is 31.5 Å². The van der Waals surface area contributed by atoms with E-state index in [9.17, 15) is 14.3 Å². The van der Waals surface area contributed by atoms with Crippen molar-refractivity contribution in [2.45, 2.75) is 63.8 Å². The largest absolute Gasteiger partial charge is 0.508 e. The number of hydrogen-bond donors (Lipinski definition) is 1. The van der Waals surface area contributed by atoms with Gasteiger partial charge in [-0.25, -0.2) is 13.2 Å². The van der Waals surface area contributed by atoms with E-state index in [2.05, 4.69) is 14.9 Å². The van der Waals surface area contributed by atoms with Crippen LogP contribution in [-0.4, -0.2) is 76.4 Å². The lowest BCUT2D eigenvalue weighted by molar-refractivity contribution is -0.146. The summed E-state index contributed by atoms with van der Waals surface area (Å²) in [5.74, 6) is -1.38. The lowest BCUT2D eigenvalue weighted by Crippen LogP contribution is -2.43. The van der Waals surface area contributed by atoms with Crippen LogP contribution in [0.25, 0.3) is 32.9 Å². The molecule has 3 aliphatic rings. The topological polar surface area (TPSA) is 101 Å². The van der Waals surface area contributed by atoms with Gasteiger partial charge >= 0.3 is 12.0 Å². The van der Waals surface area contributed by atoms with Crippen molar-refractivity contribution in [2.24, 2.45) is 5.92 Å². The molecule has 3 fully saturated rings. The molecule has 9 nitrogen and oxygen atoms in total. The Morgan fingerprint density at radius 3 is 2.78 bits per heavy atom. The second-order valence-corrected chi connectivity index (χ2v) is 13.5. The highest BCUT2D eigenvalue weighted by atomic mass is 19.1. The molecule has 12 heteroatoms. The number of methoxy groups -OCH3 is 1. The van der Waals surface area contributed by atoms with Gasteiger partial charge in [0.05, 0.1) is 30.3 Å². The highest BCUT2D eigenvalue weighted by Crippen LogP contribution is 2.43. The molecular formula is C37H40F3N5O4. The fourth-order valence-corrected chi connectivity index (χ4v) is 8.07. The van der Waals surface area contributed by atoms with E-state index in [4.69, 9.17) is 14.5 Å². The molecule has 0 radical (unpaired) electrons. The highest BCUT2D eigenvalue weighted by Gasteiger charge is 2.47. The number of phenolic OH excluding ortho intramolecular Hbond substituents is 1. The molecule has 4 aromatic rings. The van der Waals surface area contributed by atoms with Gasteiger partial charge in [0.2, 0.25) is 0 Å². The first-order valence-electron chi connectivity index (χ1n) is 17.0. The maximum atomic E-state index is 17.0. The van der Waals surface area contributed by atoms with Gasteiger partial charge in [-0.1, -0.05) is 19.4 Å². The Morgan fingerprint density at radius 2 is 1.98 bits per heavy atom. The molecule has 1 unspecified atom stereocenters. The van der Waals surface area contributed by atoms with Crippen LogP contribution in [0.4, 0.5) is 19.0 Å². The Balaban J connectivity index is 1.35. The number of anilines is 1. The van der Waals surface area contributed by atoms with E-state index in [0.717, 1.165) is 38.6 Å². The summed E-state index contributed by atoms with van der Waals surface area (Å²) in [4.78, 5) is 30.7. The Hall–Kier alpha value is -4.45. The predicted octanol–water partition coefficient (Wildman–Crippen LogP) is 7.03. The molecule has 2 aromatic carbocycles. The van der Waals surface area contributed by atoms with Crippen molar-refractivity contribution < 1.29 is 32.5 Å². The van der Waals surface area contributed by atoms with Crippen LogP contribution in [0, 0.1) is 17.6 Å². The monoisotopic (exact) mass is 675 g/mol. The van der Waals surface area contributed by atoms with Crippen LogP contribution in [-0.2, 0) is 16.0 Å². The molecule has 5 heterocycles. The van der Waals surface area contributed by atoms with Gasteiger partial charge in [-0.15, -0.1) is 0 Å². The van der Waals surface area contributed by atoms with Crippen molar-refractivity contribution in [3.8, 4) is 23.0 Å². The van der Waals surface area contributed by atoms with Crippen molar-refractivity contribution in [3.63, 3.8) is 0 Å². The SMILES string of the molecule is CCc1c(F)ccc2cc(O)cc(-c3ncc4c(N5CCCCC(C(=O)OC)CC5)nc(OC[C@@]56CCCN5C/C(=C\F)C6)nc4c3F)c12. The molecule has 258 valence electrons. The summed E-state index contributed by atoms with van der Waals surface area (Å²) in [5, 5.41) is 12.0. The summed E-state index contributed by atoms with van der Waals surface area (Å²) in [7, 11) is 1.39. The van der Waals surface area contributed by atoms with Crippen LogP contribution in [0.2, 0.25) is 0 Å². The van der Waals surface area contributed by atoms with Gasteiger partial charge in [0.15, 0.2) is 5.82 Å². The fraction of sp³-hybridized carbons (Fsp3) is 0.459. The molecule has 0 spiro atoms. The average molecular weight is 676 g/mol. The molecule has 0 saturated carbocycles. The number of hydrogen-bond acceptors (Lipinski definition) is 9. The first-order valence-corrected chi connectivity index (χ1v) is 17.0. The Kier molecular flexibility index (Phi) is 9.08. The molecule has 0 aliphatic carbocycles. The zero-order valence-electron chi connectivity index (χ0n) is 27.8. The van der Waals surface area contributed by atoms with Crippen LogP contribution in [0.1, 0.15) is 57.4 Å². The number of carbonyl (C=O) groups excluding carboxylic acids is 1. The number of fused-ring (bicyclic) bond motifs is 3. The Bertz CT molecular complexity index is 1960. The zero-order valence-corrected chi connectivity index (χ0v) is 27.8. The van der Waals surface area contributed by atoms with Gasteiger partial charge in [0.1, 0.15) is 35.2 Å². The molecule has 3 saturated heterocycles. The summed E-state index contributed by atoms with van der Waals surface area (Å²) in [6, 6.07) is 5.79. The summed E-state index contributed by atoms with van der Waals surface area (Å²) >= 11 is 0. The molecule has 0 bridgehead atoms. The molecule has 0 amide bonds. The third-order valence-electron chi connectivity index (χ3n) is 10.5. The van der Waals surface area contributed by atoms with Crippen molar-refractivity contribution in [3.05, 3.63) is 59.6 Å². The predicted molar refractivity (Wildman–Crippen MR) is 180 cm³/mol. The van der Waals surface area contributed by atoms with Gasteiger partial charge in [0.25, 0.3) is 0 Å². The number of benzene rings is 2. The van der Waals surface area contributed by atoms with Crippen LogP contribution >= 0.6 is 0 Å². The maximum Gasteiger partial charge on any atom is 0.319 e. The molecule has 1 N–H and O–H groups in total. The first kappa shape index (κ1) is 33.1. The van der Waals surface area contributed by atoms with Crippen molar-refractivity contribution in [1.29, 1.82) is 0 Å². The molecule has 2 aromatic heterocycles. The molecule has 2 atom stereocenters. The van der Waals surface area contributed by atoms with Gasteiger partial charge in [-0.05, 0) is 91.6 Å². The van der Waals surface area contributed by atoms with Gasteiger partial charge in [0, 0.05) is 31.4 Å². The number of halogens is 3. The van der Waals surface area contributed by atoms with E-state index < -0.39 is 17.2 Å². The third kappa shape index (κ3) is 6.04. The fourth-order valence-electron chi connectivity index (χ4n) is 8.07. The van der Waals surface area contributed by atoms with E-state index in [-0.39, 0.29) is 47.0 Å². The smallest absolute Gasteiger partial charge is 0.319 e. The third-order valence-corrected chi connectivity index (χ3v) is 10.5. The van der Waals surface area contributed by atoms with E-state index in [0.29, 0.717) is 78.3 Å². The Morgan fingerprint density at radius 1 is 1.12 bits per heavy atom. The molecule has 3 aliphatic heterocycles. The maximum absolute atomic E-state index is 17.0. The van der Waals surface area contributed by atoms with E-state index >= 15 is 8.78 Å².